The van der Waals surface area contributed by atoms with Crippen molar-refractivity contribution in [2.45, 2.75) is 77.4 Å². The van der Waals surface area contributed by atoms with E-state index in [-0.39, 0.29) is 29.0 Å². The third-order valence-corrected chi connectivity index (χ3v) is 9.00. The minimum Gasteiger partial charge on any atom is -0.458 e. The number of aliphatic hydroxyl groups excluding tert-OH is 1. The SMILES string of the molecule is CC(=O)OCC(=O)[C@@]1(O)CC[C@H]2[C@@H]3C(O)CC4=CC(=O)CC[C@]4(C)[C@H]3CC[C@@]21C. The van der Waals surface area contributed by atoms with Gasteiger partial charge in [-0.25, -0.2) is 0 Å². The maximum Gasteiger partial charge on any atom is 0.303 e. The monoisotopic (exact) mass is 404 g/mol. The van der Waals surface area contributed by atoms with Crippen molar-refractivity contribution < 1.29 is 29.3 Å². The van der Waals surface area contributed by atoms with Crippen molar-refractivity contribution in [3.8, 4) is 0 Å². The average Bonchev–Trinajstić information content (AvgIpc) is 2.93. The Balaban J connectivity index is 1.65. The molecule has 4 aliphatic rings. The molecule has 0 aromatic heterocycles. The zero-order valence-electron chi connectivity index (χ0n) is 17.6. The summed E-state index contributed by atoms with van der Waals surface area (Å²) < 4.78 is 4.89. The fraction of sp³-hybridized carbons (Fsp3) is 0.783. The molecule has 4 rings (SSSR count). The van der Waals surface area contributed by atoms with Crippen molar-refractivity contribution in [2.75, 3.05) is 6.61 Å². The second-order valence-electron chi connectivity index (χ2n) is 10.2. The van der Waals surface area contributed by atoms with Crippen LogP contribution in [0.25, 0.3) is 0 Å². The van der Waals surface area contributed by atoms with Crippen LogP contribution >= 0.6 is 0 Å². The molecule has 4 aliphatic carbocycles. The highest BCUT2D eigenvalue weighted by molar-refractivity contribution is 5.92. The number of rotatable bonds is 3. The van der Waals surface area contributed by atoms with Crippen LogP contribution in [0.2, 0.25) is 0 Å². The van der Waals surface area contributed by atoms with E-state index >= 15 is 0 Å². The third-order valence-electron chi connectivity index (χ3n) is 9.00. The van der Waals surface area contributed by atoms with Gasteiger partial charge in [-0.2, -0.15) is 0 Å². The van der Waals surface area contributed by atoms with Gasteiger partial charge in [0.05, 0.1) is 6.10 Å². The molecule has 6 nitrogen and oxygen atoms in total. The number of Topliss-reactive ketones (excluding diaryl/α,β-unsaturated/α-hetero) is 1. The van der Waals surface area contributed by atoms with Crippen LogP contribution < -0.4 is 0 Å². The van der Waals surface area contributed by atoms with E-state index in [4.69, 9.17) is 4.74 Å². The van der Waals surface area contributed by atoms with Gasteiger partial charge in [-0.1, -0.05) is 19.4 Å². The molecule has 0 aromatic carbocycles. The summed E-state index contributed by atoms with van der Waals surface area (Å²) in [4.78, 5) is 36.0. The molecule has 0 amide bonds. The van der Waals surface area contributed by atoms with Crippen LogP contribution in [0.3, 0.4) is 0 Å². The fourth-order valence-electron chi connectivity index (χ4n) is 7.29. The van der Waals surface area contributed by atoms with E-state index in [1.165, 1.54) is 6.92 Å². The Bertz CT molecular complexity index is 786. The van der Waals surface area contributed by atoms with Crippen molar-refractivity contribution in [1.29, 1.82) is 0 Å². The molecular formula is C23H32O6. The molecule has 0 bridgehead atoms. The van der Waals surface area contributed by atoms with Crippen molar-refractivity contribution >= 4 is 17.5 Å². The molecule has 160 valence electrons. The number of fused-ring (bicyclic) bond motifs is 5. The van der Waals surface area contributed by atoms with Crippen LogP contribution in [0.1, 0.15) is 65.7 Å². The molecule has 2 N–H and O–H groups in total. The van der Waals surface area contributed by atoms with Gasteiger partial charge in [0.1, 0.15) is 5.60 Å². The third kappa shape index (κ3) is 2.86. The van der Waals surface area contributed by atoms with Gasteiger partial charge in [0.2, 0.25) is 5.78 Å². The number of carbonyl (C=O) groups is 3. The first kappa shape index (κ1) is 20.7. The summed E-state index contributed by atoms with van der Waals surface area (Å²) in [7, 11) is 0. The Morgan fingerprint density at radius 2 is 1.86 bits per heavy atom. The van der Waals surface area contributed by atoms with Gasteiger partial charge >= 0.3 is 5.97 Å². The molecular weight excluding hydrogens is 372 g/mol. The van der Waals surface area contributed by atoms with E-state index in [2.05, 4.69) is 6.92 Å². The number of carbonyl (C=O) groups excluding carboxylic acids is 3. The number of esters is 1. The normalized spacial score (nSPS) is 46.2. The summed E-state index contributed by atoms with van der Waals surface area (Å²) in [6.45, 7) is 5.04. The van der Waals surface area contributed by atoms with Gasteiger partial charge < -0.3 is 14.9 Å². The Morgan fingerprint density at radius 3 is 2.55 bits per heavy atom. The van der Waals surface area contributed by atoms with Gasteiger partial charge in [-0.3, -0.25) is 14.4 Å². The molecule has 6 heteroatoms. The molecule has 0 aliphatic heterocycles. The summed E-state index contributed by atoms with van der Waals surface area (Å²) in [6.07, 6.45) is 5.54. The molecule has 29 heavy (non-hydrogen) atoms. The first-order chi connectivity index (χ1) is 13.5. The zero-order valence-corrected chi connectivity index (χ0v) is 17.6. The van der Waals surface area contributed by atoms with E-state index < -0.39 is 35.5 Å². The molecule has 0 radical (unpaired) electrons. The topological polar surface area (TPSA) is 101 Å². The highest BCUT2D eigenvalue weighted by Gasteiger charge is 2.67. The first-order valence-corrected chi connectivity index (χ1v) is 10.8. The van der Waals surface area contributed by atoms with Crippen molar-refractivity contribution in [1.82, 2.24) is 0 Å². The number of hydrogen-bond donors (Lipinski definition) is 2. The van der Waals surface area contributed by atoms with Crippen LogP contribution in [0.4, 0.5) is 0 Å². The Labute approximate surface area is 171 Å². The van der Waals surface area contributed by atoms with Gasteiger partial charge in [0.25, 0.3) is 0 Å². The molecule has 0 heterocycles. The molecule has 0 aromatic rings. The molecule has 0 saturated heterocycles. The van der Waals surface area contributed by atoms with Crippen LogP contribution in [0.15, 0.2) is 11.6 Å². The lowest BCUT2D eigenvalue weighted by molar-refractivity contribution is -0.175. The van der Waals surface area contributed by atoms with E-state index in [0.29, 0.717) is 32.1 Å². The summed E-state index contributed by atoms with van der Waals surface area (Å²) in [5.41, 5.74) is -1.20. The Morgan fingerprint density at radius 1 is 1.17 bits per heavy atom. The predicted molar refractivity (Wildman–Crippen MR) is 105 cm³/mol. The summed E-state index contributed by atoms with van der Waals surface area (Å²) in [6, 6.07) is 0. The number of aliphatic hydroxyl groups is 2. The minimum absolute atomic E-state index is 0.000322. The maximum atomic E-state index is 12.9. The lowest BCUT2D eigenvalue weighted by Crippen LogP contribution is -2.60. The van der Waals surface area contributed by atoms with Gasteiger partial charge in [0.15, 0.2) is 12.4 Å². The van der Waals surface area contributed by atoms with Crippen LogP contribution in [0, 0.1) is 28.6 Å². The smallest absolute Gasteiger partial charge is 0.303 e. The van der Waals surface area contributed by atoms with Crippen molar-refractivity contribution in [3.05, 3.63) is 11.6 Å². The van der Waals surface area contributed by atoms with Crippen LogP contribution in [0.5, 0.6) is 0 Å². The molecule has 0 spiro atoms. The molecule has 1 unspecified atom stereocenters. The van der Waals surface area contributed by atoms with Crippen molar-refractivity contribution in [3.63, 3.8) is 0 Å². The van der Waals surface area contributed by atoms with E-state index in [1.807, 2.05) is 6.92 Å². The van der Waals surface area contributed by atoms with E-state index in [9.17, 15) is 24.6 Å². The highest BCUT2D eigenvalue weighted by atomic mass is 16.5. The van der Waals surface area contributed by atoms with Gasteiger partial charge in [0, 0.05) is 18.8 Å². The largest absolute Gasteiger partial charge is 0.458 e. The standard InChI is InChI=1S/C23H32O6/c1-13(24)29-12-19(27)23(28)9-6-17-20-16(5-8-22(17,23)3)21(2)7-4-15(25)10-14(21)11-18(20)26/h10,16-18,20,26,28H,4-9,11-12H2,1-3H3/t16-,17-,18?,20+,21-,22-,23-/m0/s1. The lowest BCUT2D eigenvalue weighted by Gasteiger charge is -2.60. The zero-order chi connectivity index (χ0) is 21.2. The van der Waals surface area contributed by atoms with Crippen molar-refractivity contribution in [2.24, 2.45) is 28.6 Å². The quantitative estimate of drug-likeness (QED) is 0.701. The second-order valence-corrected chi connectivity index (χ2v) is 10.2. The minimum atomic E-state index is -1.53. The maximum absolute atomic E-state index is 12.9. The average molecular weight is 405 g/mol. The Kier molecular flexibility index (Phi) is 4.82. The van der Waals surface area contributed by atoms with Gasteiger partial charge in [-0.15, -0.1) is 0 Å². The summed E-state index contributed by atoms with van der Waals surface area (Å²) in [5, 5.41) is 22.6. The number of hydrogen-bond acceptors (Lipinski definition) is 6. The van der Waals surface area contributed by atoms with Crippen LogP contribution in [-0.4, -0.2) is 46.1 Å². The highest BCUT2D eigenvalue weighted by Crippen LogP contribution is 2.67. The summed E-state index contributed by atoms with van der Waals surface area (Å²) >= 11 is 0. The van der Waals surface area contributed by atoms with Gasteiger partial charge in [-0.05, 0) is 67.8 Å². The fourth-order valence-corrected chi connectivity index (χ4v) is 7.29. The second kappa shape index (κ2) is 6.74. The molecule has 3 fully saturated rings. The summed E-state index contributed by atoms with van der Waals surface area (Å²) in [5.74, 6) is -0.550. The number of ether oxygens (including phenoxy) is 1. The Hall–Kier alpha value is -1.53. The van der Waals surface area contributed by atoms with Crippen LogP contribution in [-0.2, 0) is 19.1 Å². The predicted octanol–water partition coefficient (Wildman–Crippen LogP) is 2.35. The van der Waals surface area contributed by atoms with E-state index in [1.54, 1.807) is 6.08 Å². The molecule has 3 saturated carbocycles. The van der Waals surface area contributed by atoms with E-state index in [0.717, 1.165) is 18.4 Å². The lowest BCUT2D eigenvalue weighted by atomic mass is 9.45. The number of ketones is 2. The molecule has 7 atom stereocenters. The first-order valence-electron chi connectivity index (χ1n) is 10.8.